The summed E-state index contributed by atoms with van der Waals surface area (Å²) >= 11 is 0. The molecule has 0 aliphatic carbocycles. The first-order valence-corrected chi connectivity index (χ1v) is 7.73. The third-order valence-corrected chi connectivity index (χ3v) is 3.93. The Balaban J connectivity index is 1.65. The Morgan fingerprint density at radius 3 is 2.64 bits per heavy atom. The van der Waals surface area contributed by atoms with Crippen LogP contribution in [0.2, 0.25) is 0 Å². The molecule has 0 saturated carbocycles. The van der Waals surface area contributed by atoms with E-state index in [1.165, 1.54) is 5.56 Å². The molecule has 0 bridgehead atoms. The van der Waals surface area contributed by atoms with Crippen molar-refractivity contribution in [2.75, 3.05) is 31.2 Å². The summed E-state index contributed by atoms with van der Waals surface area (Å²) in [5.74, 6) is 1.54. The highest BCUT2D eigenvalue weighted by atomic mass is 16.5. The van der Waals surface area contributed by atoms with Crippen molar-refractivity contribution in [1.29, 1.82) is 0 Å². The van der Waals surface area contributed by atoms with E-state index in [0.717, 1.165) is 38.7 Å². The van der Waals surface area contributed by atoms with Gasteiger partial charge in [-0.25, -0.2) is 4.98 Å². The van der Waals surface area contributed by atoms with Gasteiger partial charge in [0, 0.05) is 19.6 Å². The van der Waals surface area contributed by atoms with Gasteiger partial charge in [0.1, 0.15) is 0 Å². The first kappa shape index (κ1) is 15.1. The number of ether oxygens (including phenoxy) is 1. The fraction of sp³-hybridized carbons (Fsp3) is 0.471. The molecule has 0 unspecified atom stereocenters. The van der Waals surface area contributed by atoms with Gasteiger partial charge < -0.3 is 14.1 Å². The number of nitrogens with zero attached hydrogens (tertiary/aromatic N) is 2. The second-order valence-electron chi connectivity index (χ2n) is 6.07. The molecule has 0 amide bonds. The standard InChI is InChI=1S/C17H23N3O2/c1-17(2,19-12-14-6-4-3-5-7-14)16-18-13-15(22-16)20-8-10-21-11-9-20/h3-7,13,19H,8-12H2,1-2H3. The van der Waals surface area contributed by atoms with Crippen molar-refractivity contribution in [2.24, 2.45) is 0 Å². The van der Waals surface area contributed by atoms with E-state index < -0.39 is 0 Å². The number of aromatic nitrogens is 1. The lowest BCUT2D eigenvalue weighted by Crippen LogP contribution is -2.37. The quantitative estimate of drug-likeness (QED) is 0.919. The molecule has 5 nitrogen and oxygen atoms in total. The summed E-state index contributed by atoms with van der Waals surface area (Å²) in [6, 6.07) is 10.3. The molecule has 1 aliphatic rings. The van der Waals surface area contributed by atoms with Crippen molar-refractivity contribution >= 4 is 5.88 Å². The lowest BCUT2D eigenvalue weighted by molar-refractivity contribution is 0.120. The van der Waals surface area contributed by atoms with Crippen LogP contribution < -0.4 is 10.2 Å². The predicted octanol–water partition coefficient (Wildman–Crippen LogP) is 2.54. The first-order valence-electron chi connectivity index (χ1n) is 7.73. The summed E-state index contributed by atoms with van der Waals surface area (Å²) in [6.07, 6.45) is 1.81. The summed E-state index contributed by atoms with van der Waals surface area (Å²) < 4.78 is 11.3. The number of morpholine rings is 1. The van der Waals surface area contributed by atoms with Crippen LogP contribution in [0.4, 0.5) is 5.88 Å². The molecular formula is C17H23N3O2. The SMILES string of the molecule is CC(C)(NCc1ccccc1)c1ncc(N2CCOCC2)o1. The van der Waals surface area contributed by atoms with Crippen LogP contribution in [0, 0.1) is 0 Å². The molecule has 2 aromatic rings. The summed E-state index contributed by atoms with van der Waals surface area (Å²) in [4.78, 5) is 6.64. The third-order valence-electron chi connectivity index (χ3n) is 3.93. The molecule has 1 aliphatic heterocycles. The maximum absolute atomic E-state index is 5.97. The zero-order valence-electron chi connectivity index (χ0n) is 13.2. The van der Waals surface area contributed by atoms with E-state index in [2.05, 4.69) is 41.2 Å². The molecular weight excluding hydrogens is 278 g/mol. The first-order chi connectivity index (χ1) is 10.6. The van der Waals surface area contributed by atoms with Crippen molar-refractivity contribution in [3.63, 3.8) is 0 Å². The van der Waals surface area contributed by atoms with E-state index in [1.54, 1.807) is 0 Å². The second kappa shape index (κ2) is 6.50. The van der Waals surface area contributed by atoms with E-state index in [1.807, 2.05) is 24.4 Å². The normalized spacial score (nSPS) is 16.0. The minimum Gasteiger partial charge on any atom is -0.423 e. The van der Waals surface area contributed by atoms with E-state index in [9.17, 15) is 0 Å². The van der Waals surface area contributed by atoms with Gasteiger partial charge in [-0.1, -0.05) is 30.3 Å². The molecule has 0 atom stereocenters. The molecule has 1 aromatic carbocycles. The number of benzene rings is 1. The molecule has 3 rings (SSSR count). The van der Waals surface area contributed by atoms with Gasteiger partial charge in [-0.15, -0.1) is 0 Å². The number of anilines is 1. The van der Waals surface area contributed by atoms with Crippen LogP contribution in [0.3, 0.4) is 0 Å². The summed E-state index contributed by atoms with van der Waals surface area (Å²) in [5, 5.41) is 3.51. The number of hydrogen-bond acceptors (Lipinski definition) is 5. The maximum Gasteiger partial charge on any atom is 0.216 e. The molecule has 1 fully saturated rings. The molecule has 1 N–H and O–H groups in total. The zero-order chi connectivity index (χ0) is 15.4. The van der Waals surface area contributed by atoms with Crippen LogP contribution in [-0.2, 0) is 16.8 Å². The van der Waals surface area contributed by atoms with Crippen LogP contribution in [0.25, 0.3) is 0 Å². The molecule has 22 heavy (non-hydrogen) atoms. The van der Waals surface area contributed by atoms with E-state index in [0.29, 0.717) is 5.89 Å². The second-order valence-corrected chi connectivity index (χ2v) is 6.07. The lowest BCUT2D eigenvalue weighted by atomic mass is 10.1. The smallest absolute Gasteiger partial charge is 0.216 e. The van der Waals surface area contributed by atoms with Gasteiger partial charge in [0.25, 0.3) is 0 Å². The number of oxazole rings is 1. The Morgan fingerprint density at radius 2 is 1.91 bits per heavy atom. The Labute approximate surface area is 131 Å². The molecule has 2 heterocycles. The highest BCUT2D eigenvalue weighted by molar-refractivity contribution is 5.33. The Bertz CT molecular complexity index is 589. The zero-order valence-corrected chi connectivity index (χ0v) is 13.2. The number of nitrogens with one attached hydrogen (secondary N) is 1. The van der Waals surface area contributed by atoms with Crippen molar-refractivity contribution in [3.8, 4) is 0 Å². The van der Waals surface area contributed by atoms with Gasteiger partial charge in [0.2, 0.25) is 11.8 Å². The number of hydrogen-bond donors (Lipinski definition) is 1. The molecule has 5 heteroatoms. The van der Waals surface area contributed by atoms with Gasteiger partial charge in [-0.05, 0) is 19.4 Å². The topological polar surface area (TPSA) is 50.5 Å². The summed E-state index contributed by atoms with van der Waals surface area (Å²) in [6.45, 7) is 8.15. The van der Waals surface area contributed by atoms with Gasteiger partial charge in [-0.3, -0.25) is 5.32 Å². The van der Waals surface area contributed by atoms with Gasteiger partial charge in [-0.2, -0.15) is 0 Å². The minimum atomic E-state index is -0.319. The van der Waals surface area contributed by atoms with Crippen molar-refractivity contribution < 1.29 is 9.15 Å². The monoisotopic (exact) mass is 301 g/mol. The summed E-state index contributed by atoms with van der Waals surface area (Å²) in [7, 11) is 0. The predicted molar refractivity (Wildman–Crippen MR) is 85.8 cm³/mol. The van der Waals surface area contributed by atoms with Crippen LogP contribution in [0.15, 0.2) is 40.9 Å². The average Bonchev–Trinajstić information content (AvgIpc) is 3.06. The minimum absolute atomic E-state index is 0.319. The van der Waals surface area contributed by atoms with Crippen molar-refractivity contribution in [2.45, 2.75) is 25.9 Å². The molecule has 0 spiro atoms. The fourth-order valence-electron chi connectivity index (χ4n) is 2.48. The highest BCUT2D eigenvalue weighted by Gasteiger charge is 2.27. The van der Waals surface area contributed by atoms with E-state index in [-0.39, 0.29) is 5.54 Å². The van der Waals surface area contributed by atoms with Gasteiger partial charge in [0.15, 0.2) is 0 Å². The number of rotatable bonds is 5. The fourth-order valence-corrected chi connectivity index (χ4v) is 2.48. The molecule has 1 saturated heterocycles. The third kappa shape index (κ3) is 3.48. The molecule has 1 aromatic heterocycles. The van der Waals surface area contributed by atoms with Crippen molar-refractivity contribution in [1.82, 2.24) is 10.3 Å². The Morgan fingerprint density at radius 1 is 1.18 bits per heavy atom. The van der Waals surface area contributed by atoms with Gasteiger partial charge in [0.05, 0.1) is 24.9 Å². The highest BCUT2D eigenvalue weighted by Crippen LogP contribution is 2.25. The Kier molecular flexibility index (Phi) is 4.45. The van der Waals surface area contributed by atoms with Gasteiger partial charge >= 0.3 is 0 Å². The lowest BCUT2D eigenvalue weighted by Gasteiger charge is -2.26. The average molecular weight is 301 g/mol. The van der Waals surface area contributed by atoms with Crippen molar-refractivity contribution in [3.05, 3.63) is 48.0 Å². The Hall–Kier alpha value is -1.85. The molecule has 0 radical (unpaired) electrons. The summed E-state index contributed by atoms with van der Waals surface area (Å²) in [5.41, 5.74) is 0.927. The maximum atomic E-state index is 5.97. The van der Waals surface area contributed by atoms with Crippen LogP contribution in [-0.4, -0.2) is 31.3 Å². The van der Waals surface area contributed by atoms with Crippen LogP contribution >= 0.6 is 0 Å². The molecule has 118 valence electrons. The van der Waals surface area contributed by atoms with Crippen LogP contribution in [0.1, 0.15) is 25.3 Å². The van der Waals surface area contributed by atoms with Crippen LogP contribution in [0.5, 0.6) is 0 Å². The van der Waals surface area contributed by atoms with E-state index in [4.69, 9.17) is 9.15 Å². The largest absolute Gasteiger partial charge is 0.423 e. The van der Waals surface area contributed by atoms with E-state index >= 15 is 0 Å².